The van der Waals surface area contributed by atoms with Crippen LogP contribution in [0.4, 0.5) is 11.5 Å². The molecule has 5 rings (SSSR count). The van der Waals surface area contributed by atoms with Gasteiger partial charge in [0.15, 0.2) is 0 Å². The summed E-state index contributed by atoms with van der Waals surface area (Å²) in [4.78, 5) is 28.5. The van der Waals surface area contributed by atoms with E-state index in [0.717, 1.165) is 33.3 Å². The van der Waals surface area contributed by atoms with Crippen molar-refractivity contribution in [3.05, 3.63) is 82.9 Å². The quantitative estimate of drug-likeness (QED) is 0.108. The monoisotopic (exact) mass is 571 g/mol. The number of non-ortho nitro benzene ring substituents is 1. The predicted molar refractivity (Wildman–Crippen MR) is 161 cm³/mol. The molecule has 210 valence electrons. The number of nitrogens with one attached hydrogen (secondary N) is 1. The molecule has 0 aliphatic heterocycles. The molecule has 1 unspecified atom stereocenters. The highest BCUT2D eigenvalue weighted by Gasteiger charge is 2.26. The number of benzene rings is 2. The van der Waals surface area contributed by atoms with Crippen molar-refractivity contribution in [2.24, 2.45) is 7.05 Å². The number of hydrogen-bond donors (Lipinski definition) is 2. The molecule has 41 heavy (non-hydrogen) atoms. The van der Waals surface area contributed by atoms with E-state index in [-0.39, 0.29) is 17.8 Å². The van der Waals surface area contributed by atoms with Crippen LogP contribution in [0.1, 0.15) is 25.5 Å². The van der Waals surface area contributed by atoms with Gasteiger partial charge in [-0.25, -0.2) is 19.9 Å². The van der Waals surface area contributed by atoms with Crippen molar-refractivity contribution in [3.8, 4) is 34.1 Å². The number of nitro benzene ring substituents is 1. The first-order valence-electron chi connectivity index (χ1n) is 13.1. The molecule has 3 aromatic heterocycles. The van der Waals surface area contributed by atoms with Gasteiger partial charge in [0.2, 0.25) is 0 Å². The Bertz CT molecular complexity index is 1680. The lowest BCUT2D eigenvalue weighted by molar-refractivity contribution is -0.384. The predicted octanol–water partition coefficient (Wildman–Crippen LogP) is 6.23. The minimum Gasteiger partial charge on any atom is -0.424 e. The number of fused-ring (bicyclic) bond motifs is 1. The Morgan fingerprint density at radius 2 is 1.85 bits per heavy atom. The van der Waals surface area contributed by atoms with E-state index in [1.54, 1.807) is 30.6 Å². The van der Waals surface area contributed by atoms with Gasteiger partial charge in [-0.15, -0.1) is 0 Å². The number of hydrogen-bond acceptors (Lipinski definition) is 10. The molecule has 0 aliphatic carbocycles. The summed E-state index contributed by atoms with van der Waals surface area (Å²) in [6.07, 6.45) is 4.43. The average Bonchev–Trinajstić information content (AvgIpc) is 3.29. The fraction of sp³-hybridized carbons (Fsp3) is 0.241. The molecular formula is C29H29N7O4S. The van der Waals surface area contributed by atoms with E-state index in [2.05, 4.69) is 37.9 Å². The Morgan fingerprint density at radius 1 is 1.10 bits per heavy atom. The molecule has 1 atom stereocenters. The lowest BCUT2D eigenvalue weighted by Crippen LogP contribution is -2.06. The van der Waals surface area contributed by atoms with Crippen molar-refractivity contribution in [1.29, 1.82) is 0 Å². The van der Waals surface area contributed by atoms with E-state index >= 15 is 0 Å². The number of rotatable bonds is 11. The lowest BCUT2D eigenvalue weighted by Gasteiger charge is -2.20. The highest BCUT2D eigenvalue weighted by Crippen LogP contribution is 2.46. The van der Waals surface area contributed by atoms with Crippen LogP contribution in [0.25, 0.3) is 33.4 Å². The molecule has 0 fully saturated rings. The number of thiol groups is 1. The van der Waals surface area contributed by atoms with Gasteiger partial charge >= 0.3 is 6.01 Å². The first kappa shape index (κ1) is 28.0. The SMILES string of the molecule is CCNc1ncnc2c1c(-c1ccc(Oc3ncccn3)cc1C(C)OCCS)c(-c1ccc([N+](=O)[O-])cc1)n2C. The Hall–Kier alpha value is -4.55. The van der Waals surface area contributed by atoms with Gasteiger partial charge in [-0.1, -0.05) is 6.07 Å². The minimum absolute atomic E-state index is 0.0151. The lowest BCUT2D eigenvalue weighted by atomic mass is 9.92. The van der Waals surface area contributed by atoms with E-state index in [1.165, 1.54) is 18.5 Å². The van der Waals surface area contributed by atoms with E-state index in [9.17, 15) is 10.1 Å². The topological polar surface area (TPSA) is 130 Å². The maximum absolute atomic E-state index is 11.4. The molecule has 0 amide bonds. The van der Waals surface area contributed by atoms with Gasteiger partial charge < -0.3 is 19.4 Å². The Labute approximate surface area is 242 Å². The minimum atomic E-state index is -0.408. The van der Waals surface area contributed by atoms with E-state index < -0.39 is 4.92 Å². The van der Waals surface area contributed by atoms with Crippen molar-refractivity contribution in [2.45, 2.75) is 20.0 Å². The summed E-state index contributed by atoms with van der Waals surface area (Å²) in [5.74, 6) is 1.80. The molecule has 3 heterocycles. The number of nitrogens with zero attached hydrogens (tertiary/aromatic N) is 6. The summed E-state index contributed by atoms with van der Waals surface area (Å²) >= 11 is 4.32. The summed E-state index contributed by atoms with van der Waals surface area (Å²) in [7, 11) is 1.93. The molecule has 11 nitrogen and oxygen atoms in total. The molecule has 0 saturated heterocycles. The molecule has 0 saturated carbocycles. The van der Waals surface area contributed by atoms with Crippen LogP contribution in [-0.4, -0.2) is 48.3 Å². The van der Waals surface area contributed by atoms with Gasteiger partial charge in [0, 0.05) is 49.4 Å². The molecule has 0 aliphatic rings. The zero-order valence-corrected chi connectivity index (χ0v) is 23.7. The van der Waals surface area contributed by atoms with Crippen LogP contribution < -0.4 is 10.1 Å². The third-order valence-electron chi connectivity index (χ3n) is 6.60. The van der Waals surface area contributed by atoms with Crippen LogP contribution in [0.5, 0.6) is 11.8 Å². The van der Waals surface area contributed by atoms with Crippen molar-refractivity contribution in [3.63, 3.8) is 0 Å². The number of aryl methyl sites for hydroxylation is 1. The van der Waals surface area contributed by atoms with Gasteiger partial charge in [-0.3, -0.25) is 10.1 Å². The maximum atomic E-state index is 11.4. The van der Waals surface area contributed by atoms with E-state index in [4.69, 9.17) is 9.47 Å². The zero-order chi connectivity index (χ0) is 28.9. The van der Waals surface area contributed by atoms with Crippen molar-refractivity contribution in [1.82, 2.24) is 24.5 Å². The largest absolute Gasteiger partial charge is 0.424 e. The molecule has 0 bridgehead atoms. The van der Waals surface area contributed by atoms with Gasteiger partial charge in [0.05, 0.1) is 28.7 Å². The van der Waals surface area contributed by atoms with Crippen LogP contribution in [0, 0.1) is 10.1 Å². The second-order valence-corrected chi connectivity index (χ2v) is 9.60. The standard InChI is InChI=1S/C29H29N7O4S/c1-4-30-27-25-24(26(35(3)28(25)34-17-33-27)19-6-8-20(9-7-19)36(37)38)22-11-10-21(40-29-31-12-5-13-32-29)16-23(22)18(2)39-14-15-41/h5-13,16-18,41H,4,14-15H2,1-3H3,(H,30,33,34). The summed E-state index contributed by atoms with van der Waals surface area (Å²) in [5.41, 5.74) is 4.96. The fourth-order valence-electron chi connectivity index (χ4n) is 4.83. The molecule has 5 aromatic rings. The van der Waals surface area contributed by atoms with Crippen LogP contribution in [0.3, 0.4) is 0 Å². The molecule has 0 spiro atoms. The summed E-state index contributed by atoms with van der Waals surface area (Å²) in [6, 6.07) is 14.2. The summed E-state index contributed by atoms with van der Waals surface area (Å²) in [5, 5.41) is 15.6. The zero-order valence-electron chi connectivity index (χ0n) is 22.8. The van der Waals surface area contributed by atoms with Gasteiger partial charge in [-0.05, 0) is 60.9 Å². The number of ether oxygens (including phenoxy) is 2. The van der Waals surface area contributed by atoms with Crippen LogP contribution >= 0.6 is 12.6 Å². The van der Waals surface area contributed by atoms with E-state index in [1.807, 2.05) is 43.7 Å². The Balaban J connectivity index is 1.78. The first-order valence-corrected chi connectivity index (χ1v) is 13.7. The maximum Gasteiger partial charge on any atom is 0.321 e. The number of nitro groups is 1. The highest BCUT2D eigenvalue weighted by molar-refractivity contribution is 7.80. The number of aromatic nitrogens is 5. The second kappa shape index (κ2) is 12.3. The number of anilines is 1. The second-order valence-electron chi connectivity index (χ2n) is 9.16. The molecule has 0 radical (unpaired) electrons. The average molecular weight is 572 g/mol. The Morgan fingerprint density at radius 3 is 2.54 bits per heavy atom. The van der Waals surface area contributed by atoms with Crippen LogP contribution in [0.2, 0.25) is 0 Å². The summed E-state index contributed by atoms with van der Waals surface area (Å²) in [6.45, 7) is 5.09. The van der Waals surface area contributed by atoms with E-state index in [0.29, 0.717) is 36.1 Å². The first-order chi connectivity index (χ1) is 19.9. The van der Waals surface area contributed by atoms with Crippen molar-refractivity contribution in [2.75, 3.05) is 24.2 Å². The molecule has 12 heteroatoms. The fourth-order valence-corrected chi connectivity index (χ4v) is 4.93. The van der Waals surface area contributed by atoms with Gasteiger partial charge in [0.25, 0.3) is 5.69 Å². The van der Waals surface area contributed by atoms with Crippen molar-refractivity contribution >= 4 is 35.2 Å². The van der Waals surface area contributed by atoms with Crippen LogP contribution in [-0.2, 0) is 11.8 Å². The molecule has 1 N–H and O–H groups in total. The van der Waals surface area contributed by atoms with Crippen LogP contribution in [0.15, 0.2) is 67.3 Å². The third kappa shape index (κ3) is 5.70. The van der Waals surface area contributed by atoms with Gasteiger partial charge in [0.1, 0.15) is 23.5 Å². The molecular weight excluding hydrogens is 542 g/mol. The molecule has 2 aromatic carbocycles. The normalized spacial score (nSPS) is 11.9. The highest BCUT2D eigenvalue weighted by atomic mass is 32.1. The Kier molecular flexibility index (Phi) is 8.41. The van der Waals surface area contributed by atoms with Gasteiger partial charge in [-0.2, -0.15) is 12.6 Å². The smallest absolute Gasteiger partial charge is 0.321 e. The third-order valence-corrected chi connectivity index (χ3v) is 6.79. The van der Waals surface area contributed by atoms with Crippen molar-refractivity contribution < 1.29 is 14.4 Å². The summed E-state index contributed by atoms with van der Waals surface area (Å²) < 4.78 is 14.1.